The number of aromatic amines is 2. The molecule has 2 aromatic heterocycles. The van der Waals surface area contributed by atoms with Crippen LogP contribution in [0.2, 0.25) is 10.4 Å². The predicted octanol–water partition coefficient (Wildman–Crippen LogP) is 5.94. The van der Waals surface area contributed by atoms with Gasteiger partial charge in [0, 0.05) is 19.2 Å². The Balaban J connectivity index is 1.35. The maximum atomic E-state index is 13.6. The predicted molar refractivity (Wildman–Crippen MR) is 158 cm³/mol. The first-order chi connectivity index (χ1) is 19.7. The molecule has 10 nitrogen and oxygen atoms in total. The number of hydrogen-bond donors (Lipinski definition) is 3. The van der Waals surface area contributed by atoms with Gasteiger partial charge in [-0.3, -0.25) is 9.80 Å². The normalized spacial score (nSPS) is 16.3. The van der Waals surface area contributed by atoms with Gasteiger partial charge in [-0.15, -0.1) is 0 Å². The third kappa shape index (κ3) is 5.95. The maximum Gasteiger partial charge on any atom is 0.407 e. The van der Waals surface area contributed by atoms with Gasteiger partial charge in [0.05, 0.1) is 24.7 Å². The van der Waals surface area contributed by atoms with Crippen molar-refractivity contribution in [2.45, 2.75) is 32.4 Å². The smallest absolute Gasteiger partial charge is 0.407 e. The van der Waals surface area contributed by atoms with Gasteiger partial charge >= 0.3 is 6.09 Å². The molecule has 1 saturated heterocycles. The summed E-state index contributed by atoms with van der Waals surface area (Å²) in [5, 5.41) is 6.83. The largest absolute Gasteiger partial charge is 0.453 e. The van der Waals surface area contributed by atoms with Crippen molar-refractivity contribution in [3.63, 3.8) is 0 Å². The fourth-order valence-electron chi connectivity index (χ4n) is 5.03. The minimum absolute atomic E-state index is 0.148. The molecule has 3 heterocycles. The van der Waals surface area contributed by atoms with Crippen LogP contribution in [0, 0.1) is 5.92 Å². The molecule has 0 unspecified atom stereocenters. The monoisotopic (exact) mass is 595 g/mol. The first kappa shape index (κ1) is 28.7. The SMILES string of the molecule is COC(=O)N[C@H](C(=O)N1[C@H](c2nc(Cl)c(-c3ccc(-c4ccc(-c5cnc(Cl)[nH]5)cc4)cc3)[nH]2)CCN1C)C(C)C. The molecular weight excluding hydrogens is 565 g/mol. The Morgan fingerprint density at radius 1 is 1.00 bits per heavy atom. The summed E-state index contributed by atoms with van der Waals surface area (Å²) in [5.74, 6) is 0.197. The highest BCUT2D eigenvalue weighted by molar-refractivity contribution is 6.32. The van der Waals surface area contributed by atoms with Gasteiger partial charge in [-0.2, -0.15) is 0 Å². The number of nitrogens with zero attached hydrogens (tertiary/aromatic N) is 4. The van der Waals surface area contributed by atoms with Gasteiger partial charge in [0.25, 0.3) is 5.91 Å². The number of alkyl carbamates (subject to hydrolysis) is 1. The van der Waals surface area contributed by atoms with Crippen molar-refractivity contribution >= 4 is 35.2 Å². The number of nitrogens with one attached hydrogen (secondary N) is 3. The van der Waals surface area contributed by atoms with Crippen LogP contribution in [0.25, 0.3) is 33.6 Å². The van der Waals surface area contributed by atoms with Crippen molar-refractivity contribution in [2.24, 2.45) is 5.92 Å². The fourth-order valence-corrected chi connectivity index (χ4v) is 5.42. The minimum Gasteiger partial charge on any atom is -0.453 e. The van der Waals surface area contributed by atoms with E-state index in [4.69, 9.17) is 27.9 Å². The number of H-pyrrole nitrogens is 2. The van der Waals surface area contributed by atoms with Crippen molar-refractivity contribution in [2.75, 3.05) is 20.7 Å². The summed E-state index contributed by atoms with van der Waals surface area (Å²) in [4.78, 5) is 40.5. The summed E-state index contributed by atoms with van der Waals surface area (Å²) >= 11 is 12.5. The van der Waals surface area contributed by atoms with Gasteiger partial charge < -0.3 is 20.0 Å². The molecule has 5 rings (SSSR count). The first-order valence-electron chi connectivity index (χ1n) is 13.2. The van der Waals surface area contributed by atoms with Crippen LogP contribution in [0.4, 0.5) is 4.79 Å². The zero-order valence-corrected chi connectivity index (χ0v) is 24.6. The third-order valence-corrected chi connectivity index (χ3v) is 7.71. The van der Waals surface area contributed by atoms with Crippen molar-refractivity contribution < 1.29 is 14.3 Å². The second-order valence-electron chi connectivity index (χ2n) is 10.3. The van der Waals surface area contributed by atoms with E-state index in [2.05, 4.69) is 25.3 Å². The summed E-state index contributed by atoms with van der Waals surface area (Å²) in [5.41, 5.74) is 5.51. The number of benzene rings is 2. The van der Waals surface area contributed by atoms with E-state index < -0.39 is 12.1 Å². The van der Waals surface area contributed by atoms with Crippen LogP contribution in [-0.4, -0.2) is 68.7 Å². The number of aromatic nitrogens is 4. The average molecular weight is 597 g/mol. The summed E-state index contributed by atoms with van der Waals surface area (Å²) in [6.45, 7) is 4.39. The topological polar surface area (TPSA) is 119 Å². The Hall–Kier alpha value is -3.86. The third-order valence-electron chi connectivity index (χ3n) is 7.25. The van der Waals surface area contributed by atoms with E-state index >= 15 is 0 Å². The van der Waals surface area contributed by atoms with Gasteiger partial charge in [0.2, 0.25) is 0 Å². The van der Waals surface area contributed by atoms with Gasteiger partial charge in [0.15, 0.2) is 10.4 Å². The zero-order chi connectivity index (χ0) is 29.3. The van der Waals surface area contributed by atoms with Crippen LogP contribution in [0.5, 0.6) is 0 Å². The lowest BCUT2D eigenvalue weighted by atomic mass is 10.0. The molecule has 4 aromatic rings. The molecule has 2 amide bonds. The molecule has 3 N–H and O–H groups in total. The number of methoxy groups -OCH3 is 1. The van der Waals surface area contributed by atoms with Crippen molar-refractivity contribution in [3.05, 3.63) is 71.0 Å². The Labute approximate surface area is 248 Å². The molecule has 2 atom stereocenters. The lowest BCUT2D eigenvalue weighted by Gasteiger charge is -2.33. The van der Waals surface area contributed by atoms with E-state index in [1.54, 1.807) is 11.2 Å². The van der Waals surface area contributed by atoms with Crippen molar-refractivity contribution in [3.8, 4) is 33.6 Å². The average Bonchev–Trinajstić information content (AvgIpc) is 3.69. The van der Waals surface area contributed by atoms with Crippen LogP contribution in [-0.2, 0) is 9.53 Å². The zero-order valence-electron chi connectivity index (χ0n) is 23.1. The molecule has 0 radical (unpaired) electrons. The molecule has 1 aliphatic rings. The molecule has 0 spiro atoms. The highest BCUT2D eigenvalue weighted by Crippen LogP contribution is 2.36. The molecule has 214 valence electrons. The maximum absolute atomic E-state index is 13.6. The summed E-state index contributed by atoms with van der Waals surface area (Å²) in [7, 11) is 3.12. The summed E-state index contributed by atoms with van der Waals surface area (Å²) < 4.78 is 4.73. The van der Waals surface area contributed by atoms with Crippen LogP contribution >= 0.6 is 23.2 Å². The molecule has 41 heavy (non-hydrogen) atoms. The van der Waals surface area contributed by atoms with E-state index in [9.17, 15) is 9.59 Å². The Morgan fingerprint density at radius 3 is 2.17 bits per heavy atom. The van der Waals surface area contributed by atoms with Crippen molar-refractivity contribution in [1.29, 1.82) is 0 Å². The first-order valence-corrected chi connectivity index (χ1v) is 14.0. The van der Waals surface area contributed by atoms with Crippen LogP contribution in [0.1, 0.15) is 32.1 Å². The number of carbonyl (C=O) groups is 2. The second-order valence-corrected chi connectivity index (χ2v) is 11.0. The Bertz CT molecular complexity index is 1530. The molecule has 12 heteroatoms. The number of hydrogen-bond acceptors (Lipinski definition) is 6. The molecule has 0 aliphatic carbocycles. The quantitative estimate of drug-likeness (QED) is 0.243. The fraction of sp³-hybridized carbons (Fsp3) is 0.310. The van der Waals surface area contributed by atoms with E-state index in [0.29, 0.717) is 34.9 Å². The van der Waals surface area contributed by atoms with Crippen LogP contribution in [0.15, 0.2) is 54.7 Å². The standard InChI is InChI=1S/C29H31Cl2N7O3/c1-16(2)23(35-29(40)41-4)27(39)38-22(13-14-37(38)3)26-34-24(25(30)36-26)20-11-7-18(8-12-20)17-5-9-19(10-6-17)21-15-32-28(31)33-21/h5-12,15-16,22-23H,13-14H2,1-4H3,(H,32,33)(H,34,36)(H,35,40)/t22-,23-/m0/s1. The van der Waals surface area contributed by atoms with Gasteiger partial charge in [-0.25, -0.2) is 19.8 Å². The van der Waals surface area contributed by atoms with E-state index in [-0.39, 0.29) is 17.9 Å². The lowest BCUT2D eigenvalue weighted by molar-refractivity contribution is -0.149. The van der Waals surface area contributed by atoms with E-state index in [1.807, 2.05) is 74.4 Å². The second kappa shape index (κ2) is 11.9. The number of halogens is 2. The molecular formula is C29H31Cl2N7O3. The van der Waals surface area contributed by atoms with Gasteiger partial charge in [-0.05, 0) is 40.6 Å². The van der Waals surface area contributed by atoms with E-state index in [1.165, 1.54) is 7.11 Å². The number of imidazole rings is 2. The lowest BCUT2D eigenvalue weighted by Crippen LogP contribution is -2.54. The number of amides is 2. The summed E-state index contributed by atoms with van der Waals surface area (Å²) in [6, 6.07) is 15.0. The molecule has 1 aliphatic heterocycles. The van der Waals surface area contributed by atoms with Crippen LogP contribution < -0.4 is 5.32 Å². The van der Waals surface area contributed by atoms with Gasteiger partial charge in [0.1, 0.15) is 17.9 Å². The molecule has 0 saturated carbocycles. The van der Waals surface area contributed by atoms with Crippen molar-refractivity contribution in [1.82, 2.24) is 35.3 Å². The van der Waals surface area contributed by atoms with Gasteiger partial charge in [-0.1, -0.05) is 74.0 Å². The number of carbonyl (C=O) groups excluding carboxylic acids is 2. The molecule has 1 fully saturated rings. The number of rotatable bonds is 7. The number of hydrazine groups is 1. The number of ether oxygens (including phenoxy) is 1. The minimum atomic E-state index is -0.755. The van der Waals surface area contributed by atoms with E-state index in [0.717, 1.165) is 27.9 Å². The Kier molecular flexibility index (Phi) is 8.35. The molecule has 2 aromatic carbocycles. The highest BCUT2D eigenvalue weighted by Gasteiger charge is 2.41. The summed E-state index contributed by atoms with van der Waals surface area (Å²) in [6.07, 6.45) is 1.71. The molecule has 0 bridgehead atoms. The highest BCUT2D eigenvalue weighted by atomic mass is 35.5. The Morgan fingerprint density at radius 2 is 1.61 bits per heavy atom. The van der Waals surface area contributed by atoms with Crippen LogP contribution in [0.3, 0.4) is 0 Å².